The molecule has 0 fully saturated rings. The predicted octanol–water partition coefficient (Wildman–Crippen LogP) is 1.93. The molecule has 0 amide bonds. The van der Waals surface area contributed by atoms with Crippen molar-refractivity contribution in [2.24, 2.45) is 5.92 Å². The SMILES string of the molecule is C=C(C)CCC(/C=C(/[CH2-])C)CCCC.[Li+]. The van der Waals surface area contributed by atoms with Crippen molar-refractivity contribution in [2.45, 2.75) is 52.9 Å². The summed E-state index contributed by atoms with van der Waals surface area (Å²) in [4.78, 5) is 0. The van der Waals surface area contributed by atoms with Crippen LogP contribution in [0.2, 0.25) is 0 Å². The molecule has 1 unspecified atom stereocenters. The van der Waals surface area contributed by atoms with Crippen molar-refractivity contribution >= 4 is 0 Å². The van der Waals surface area contributed by atoms with Crippen LogP contribution < -0.4 is 18.9 Å². The van der Waals surface area contributed by atoms with Gasteiger partial charge in [-0.25, -0.2) is 18.6 Å². The number of hydrogen-bond acceptors (Lipinski definition) is 0. The van der Waals surface area contributed by atoms with Gasteiger partial charge in [0.25, 0.3) is 0 Å². The molecule has 15 heavy (non-hydrogen) atoms. The Morgan fingerprint density at radius 3 is 2.33 bits per heavy atom. The van der Waals surface area contributed by atoms with Crippen LogP contribution in [0.3, 0.4) is 0 Å². The van der Waals surface area contributed by atoms with Gasteiger partial charge in [-0.05, 0) is 13.3 Å². The van der Waals surface area contributed by atoms with Crippen molar-refractivity contribution < 1.29 is 18.9 Å². The van der Waals surface area contributed by atoms with Gasteiger partial charge in [-0.15, -0.1) is 6.58 Å². The Balaban J connectivity index is 0. The predicted molar refractivity (Wildman–Crippen MR) is 66.2 cm³/mol. The topological polar surface area (TPSA) is 0 Å². The first-order valence-corrected chi connectivity index (χ1v) is 5.71. The number of unbranched alkanes of at least 4 members (excludes halogenated alkanes) is 1. The minimum absolute atomic E-state index is 0. The van der Waals surface area contributed by atoms with Crippen molar-refractivity contribution in [3.8, 4) is 0 Å². The summed E-state index contributed by atoms with van der Waals surface area (Å²) in [5, 5.41) is 0. The molecule has 0 aliphatic carbocycles. The molecule has 0 N–H and O–H groups in total. The molecule has 0 aromatic heterocycles. The quantitative estimate of drug-likeness (QED) is 0.335. The third-order valence-electron chi connectivity index (χ3n) is 2.39. The van der Waals surface area contributed by atoms with E-state index in [1.807, 2.05) is 0 Å². The van der Waals surface area contributed by atoms with Gasteiger partial charge in [0.15, 0.2) is 0 Å². The summed E-state index contributed by atoms with van der Waals surface area (Å²) < 4.78 is 0. The average molecular weight is 200 g/mol. The molecule has 0 aromatic carbocycles. The maximum Gasteiger partial charge on any atom is 1.00 e. The smallest absolute Gasteiger partial charge is 0.242 e. The minimum Gasteiger partial charge on any atom is -0.242 e. The molecule has 0 spiro atoms. The van der Waals surface area contributed by atoms with Crippen LogP contribution in [0.1, 0.15) is 52.9 Å². The summed E-state index contributed by atoms with van der Waals surface area (Å²) in [5.41, 5.74) is 2.49. The summed E-state index contributed by atoms with van der Waals surface area (Å²) in [5.74, 6) is 0.712. The Labute approximate surface area is 108 Å². The molecule has 0 aliphatic heterocycles. The van der Waals surface area contributed by atoms with E-state index in [0.717, 1.165) is 6.42 Å². The fraction of sp³-hybridized carbons (Fsp3) is 0.643. The van der Waals surface area contributed by atoms with Crippen LogP contribution >= 0.6 is 0 Å². The van der Waals surface area contributed by atoms with E-state index in [0.29, 0.717) is 5.92 Å². The first kappa shape index (κ1) is 17.3. The second-order valence-corrected chi connectivity index (χ2v) is 4.41. The molecule has 0 heterocycles. The van der Waals surface area contributed by atoms with Crippen LogP contribution in [0.15, 0.2) is 23.8 Å². The van der Waals surface area contributed by atoms with Crippen molar-refractivity contribution in [3.05, 3.63) is 30.7 Å². The molecule has 0 saturated carbocycles. The first-order valence-electron chi connectivity index (χ1n) is 5.71. The zero-order valence-corrected chi connectivity index (χ0v) is 11.1. The van der Waals surface area contributed by atoms with Crippen molar-refractivity contribution in [1.82, 2.24) is 0 Å². The Hall–Kier alpha value is -0.0526. The summed E-state index contributed by atoms with van der Waals surface area (Å²) in [7, 11) is 0. The zero-order chi connectivity index (χ0) is 11.0. The standard InChI is InChI=1S/C14H25.Li/c1-6-7-8-14(11-13(4)5)10-9-12(2)3;/h11,14H,2,4,6-10H2,1,3,5H3;/q-1;+1/b13-11-;. The van der Waals surface area contributed by atoms with Gasteiger partial charge in [-0.2, -0.15) is 0 Å². The molecule has 1 atom stereocenters. The molecule has 0 rings (SSSR count). The Bertz CT molecular complexity index is 188. The minimum atomic E-state index is 0. The van der Waals surface area contributed by atoms with Crippen molar-refractivity contribution in [3.63, 3.8) is 0 Å². The summed E-state index contributed by atoms with van der Waals surface area (Å²) in [6, 6.07) is 0. The van der Waals surface area contributed by atoms with Crippen molar-refractivity contribution in [2.75, 3.05) is 0 Å². The molecule has 0 radical (unpaired) electrons. The molecular formula is C14H25Li. The zero-order valence-electron chi connectivity index (χ0n) is 11.1. The number of hydrogen-bond donors (Lipinski definition) is 0. The summed E-state index contributed by atoms with van der Waals surface area (Å²) in [6.45, 7) is 14.3. The Kier molecular flexibility index (Phi) is 12.1. The van der Waals surface area contributed by atoms with Crippen LogP contribution in [0.25, 0.3) is 0 Å². The van der Waals surface area contributed by atoms with Crippen molar-refractivity contribution in [1.29, 1.82) is 0 Å². The molecule has 1 heteroatoms. The Morgan fingerprint density at radius 2 is 1.93 bits per heavy atom. The third-order valence-corrected chi connectivity index (χ3v) is 2.39. The van der Waals surface area contributed by atoms with E-state index in [9.17, 15) is 0 Å². The third kappa shape index (κ3) is 11.9. The molecule has 0 aliphatic rings. The number of rotatable bonds is 7. The Morgan fingerprint density at radius 1 is 1.33 bits per heavy atom. The van der Waals surface area contributed by atoms with Crippen LogP contribution in [0.4, 0.5) is 0 Å². The second kappa shape index (κ2) is 10.5. The molecule has 0 saturated heterocycles. The normalized spacial score (nSPS) is 13.1. The van der Waals surface area contributed by atoms with Crippen LogP contribution in [0.5, 0.6) is 0 Å². The second-order valence-electron chi connectivity index (χ2n) is 4.41. The van der Waals surface area contributed by atoms with Gasteiger partial charge >= 0.3 is 18.9 Å². The monoisotopic (exact) mass is 200 g/mol. The number of allylic oxidation sites excluding steroid dienone is 3. The van der Waals surface area contributed by atoms with Gasteiger partial charge in [0, 0.05) is 0 Å². The van der Waals surface area contributed by atoms with Gasteiger partial charge in [-0.1, -0.05) is 51.0 Å². The molecular weight excluding hydrogens is 175 g/mol. The first-order chi connectivity index (χ1) is 6.56. The van der Waals surface area contributed by atoms with E-state index in [1.165, 1.54) is 36.8 Å². The van der Waals surface area contributed by atoms with E-state index in [1.54, 1.807) is 0 Å². The summed E-state index contributed by atoms with van der Waals surface area (Å²) >= 11 is 0. The van der Waals surface area contributed by atoms with E-state index >= 15 is 0 Å². The summed E-state index contributed by atoms with van der Waals surface area (Å²) in [6.07, 6.45) is 8.62. The maximum absolute atomic E-state index is 3.95. The van der Waals surface area contributed by atoms with Gasteiger partial charge in [-0.3, -0.25) is 0 Å². The van der Waals surface area contributed by atoms with E-state index in [-0.39, 0.29) is 18.9 Å². The molecule has 0 aromatic rings. The van der Waals surface area contributed by atoms with Gasteiger partial charge in [0.2, 0.25) is 0 Å². The van der Waals surface area contributed by atoms with E-state index in [2.05, 4.69) is 40.3 Å². The molecule has 0 nitrogen and oxygen atoms in total. The van der Waals surface area contributed by atoms with Gasteiger partial charge in [0.1, 0.15) is 0 Å². The fourth-order valence-corrected chi connectivity index (χ4v) is 1.61. The molecule has 82 valence electrons. The van der Waals surface area contributed by atoms with Gasteiger partial charge in [0.05, 0.1) is 0 Å². The maximum atomic E-state index is 3.95. The van der Waals surface area contributed by atoms with Crippen LogP contribution in [0, 0.1) is 12.8 Å². The van der Waals surface area contributed by atoms with Crippen LogP contribution in [-0.4, -0.2) is 0 Å². The molecule has 0 bridgehead atoms. The largest absolute Gasteiger partial charge is 1.00 e. The van der Waals surface area contributed by atoms with E-state index < -0.39 is 0 Å². The van der Waals surface area contributed by atoms with Gasteiger partial charge < -0.3 is 0 Å². The van der Waals surface area contributed by atoms with Crippen LogP contribution in [-0.2, 0) is 0 Å². The van der Waals surface area contributed by atoms with E-state index in [4.69, 9.17) is 0 Å². The average Bonchev–Trinajstić information content (AvgIpc) is 2.09. The fourth-order valence-electron chi connectivity index (χ4n) is 1.61.